The van der Waals surface area contributed by atoms with E-state index in [-0.39, 0.29) is 18.5 Å². The maximum atomic E-state index is 11.9. The van der Waals surface area contributed by atoms with Crippen LogP contribution in [0, 0.1) is 0 Å². The summed E-state index contributed by atoms with van der Waals surface area (Å²) in [6.45, 7) is 2.61. The summed E-state index contributed by atoms with van der Waals surface area (Å²) in [5, 5.41) is 3.33. The minimum atomic E-state index is -0.216. The number of para-hydroxylation sites is 2. The van der Waals surface area contributed by atoms with E-state index in [1.54, 1.807) is 18.0 Å². The van der Waals surface area contributed by atoms with E-state index in [0.29, 0.717) is 11.7 Å². The van der Waals surface area contributed by atoms with Crippen LogP contribution >= 0.6 is 12.2 Å². The van der Waals surface area contributed by atoms with Crippen molar-refractivity contribution in [1.82, 2.24) is 25.7 Å². The molecule has 2 rings (SSSR count). The van der Waals surface area contributed by atoms with Crippen LogP contribution in [0.5, 0.6) is 0 Å². The maximum absolute atomic E-state index is 11.9. The highest BCUT2D eigenvalue weighted by molar-refractivity contribution is 7.80. The van der Waals surface area contributed by atoms with E-state index in [1.807, 2.05) is 31.2 Å². The highest BCUT2D eigenvalue weighted by Gasteiger charge is 2.08. The highest BCUT2D eigenvalue weighted by atomic mass is 32.1. The van der Waals surface area contributed by atoms with E-state index in [0.717, 1.165) is 11.0 Å². The van der Waals surface area contributed by atoms with Crippen LogP contribution in [0.15, 0.2) is 30.6 Å². The second-order valence-corrected chi connectivity index (χ2v) is 5.27. The zero-order chi connectivity index (χ0) is 15.9. The molecule has 0 aliphatic rings. The highest BCUT2D eigenvalue weighted by Crippen LogP contribution is 2.11. The molecule has 8 heteroatoms. The Labute approximate surface area is 134 Å². The molecule has 0 aliphatic heterocycles. The number of thiocarbonyl (C=S) groups is 1. The van der Waals surface area contributed by atoms with Gasteiger partial charge in [-0.3, -0.25) is 15.6 Å². The van der Waals surface area contributed by atoms with Gasteiger partial charge in [0.05, 0.1) is 24.0 Å². The van der Waals surface area contributed by atoms with Gasteiger partial charge in [0.1, 0.15) is 6.54 Å². The molecule has 0 aliphatic carbocycles. The first kappa shape index (κ1) is 16.2. The van der Waals surface area contributed by atoms with Crippen LogP contribution in [0.4, 0.5) is 0 Å². The average molecular weight is 321 g/mol. The van der Waals surface area contributed by atoms with Crippen LogP contribution in [0.25, 0.3) is 11.0 Å². The SMILES string of the molecule is COCC(C)NC(=S)NNC(=O)Cn1cnc2ccccc21. The number of methoxy groups -OCH3 is 1. The summed E-state index contributed by atoms with van der Waals surface area (Å²) in [5.74, 6) is -0.216. The van der Waals surface area contributed by atoms with Gasteiger partial charge in [0, 0.05) is 13.2 Å². The molecule has 2 aromatic rings. The molecule has 1 amide bonds. The van der Waals surface area contributed by atoms with Crippen molar-refractivity contribution in [2.45, 2.75) is 19.5 Å². The third-order valence-corrected chi connectivity index (χ3v) is 3.17. The molecule has 1 aromatic carbocycles. The third-order valence-electron chi connectivity index (χ3n) is 2.95. The zero-order valence-electron chi connectivity index (χ0n) is 12.5. The molecular formula is C14H19N5O2S. The lowest BCUT2D eigenvalue weighted by molar-refractivity contribution is -0.122. The predicted octanol–water partition coefficient (Wildman–Crippen LogP) is 0.567. The number of aromatic nitrogens is 2. The number of rotatable bonds is 5. The molecule has 1 unspecified atom stereocenters. The number of carbonyl (C=O) groups is 1. The van der Waals surface area contributed by atoms with Crippen molar-refractivity contribution < 1.29 is 9.53 Å². The summed E-state index contributed by atoms with van der Waals surface area (Å²) >= 11 is 5.08. The molecule has 0 radical (unpaired) electrons. The third kappa shape index (κ3) is 4.40. The first-order valence-corrected chi connectivity index (χ1v) is 7.25. The van der Waals surface area contributed by atoms with E-state index >= 15 is 0 Å². The Morgan fingerprint density at radius 2 is 2.18 bits per heavy atom. The molecule has 7 nitrogen and oxygen atoms in total. The lowest BCUT2D eigenvalue weighted by Gasteiger charge is -2.16. The molecule has 1 aromatic heterocycles. The topological polar surface area (TPSA) is 80.2 Å². The number of carbonyl (C=O) groups excluding carboxylic acids is 1. The number of imidazole rings is 1. The zero-order valence-corrected chi connectivity index (χ0v) is 13.3. The Hall–Kier alpha value is -2.19. The Balaban J connectivity index is 1.82. The molecule has 0 saturated carbocycles. The lowest BCUT2D eigenvalue weighted by Crippen LogP contribution is -2.50. The van der Waals surface area contributed by atoms with Crippen molar-refractivity contribution in [3.05, 3.63) is 30.6 Å². The van der Waals surface area contributed by atoms with Crippen molar-refractivity contribution >= 4 is 34.3 Å². The monoisotopic (exact) mass is 321 g/mol. The van der Waals surface area contributed by atoms with Crippen molar-refractivity contribution in [2.75, 3.05) is 13.7 Å². The fraction of sp³-hybridized carbons (Fsp3) is 0.357. The second kappa shape index (κ2) is 7.71. The van der Waals surface area contributed by atoms with Crippen LogP contribution in [-0.4, -0.2) is 40.3 Å². The fourth-order valence-corrected chi connectivity index (χ4v) is 2.26. The van der Waals surface area contributed by atoms with E-state index in [2.05, 4.69) is 21.2 Å². The van der Waals surface area contributed by atoms with E-state index in [1.165, 1.54) is 0 Å². The Morgan fingerprint density at radius 3 is 2.95 bits per heavy atom. The summed E-state index contributed by atoms with van der Waals surface area (Å²) in [7, 11) is 1.62. The van der Waals surface area contributed by atoms with E-state index in [9.17, 15) is 4.79 Å². The van der Waals surface area contributed by atoms with E-state index < -0.39 is 0 Å². The van der Waals surface area contributed by atoms with Gasteiger partial charge in [-0.25, -0.2) is 4.98 Å². The normalized spacial score (nSPS) is 11.9. The molecule has 3 N–H and O–H groups in total. The van der Waals surface area contributed by atoms with Gasteiger partial charge in [0.15, 0.2) is 5.11 Å². The van der Waals surface area contributed by atoms with Gasteiger partial charge >= 0.3 is 0 Å². The van der Waals surface area contributed by atoms with Crippen LogP contribution in [-0.2, 0) is 16.1 Å². The van der Waals surface area contributed by atoms with Crippen LogP contribution in [0.2, 0.25) is 0 Å². The first-order valence-electron chi connectivity index (χ1n) is 6.84. The first-order chi connectivity index (χ1) is 10.6. The minimum Gasteiger partial charge on any atom is -0.383 e. The van der Waals surface area contributed by atoms with Gasteiger partial charge in [0.2, 0.25) is 0 Å². The summed E-state index contributed by atoms with van der Waals surface area (Å²) < 4.78 is 6.77. The standard InChI is InChI=1S/C14H19N5O2S/c1-10(8-21-2)16-14(22)18-17-13(20)7-19-9-15-11-5-3-4-6-12(11)19/h3-6,9-10H,7-8H2,1-2H3,(H,17,20)(H2,16,18,22). The number of nitrogens with one attached hydrogen (secondary N) is 3. The minimum absolute atomic E-state index is 0.0551. The Morgan fingerprint density at radius 1 is 1.41 bits per heavy atom. The van der Waals surface area contributed by atoms with Gasteiger partial charge in [-0.1, -0.05) is 12.1 Å². The van der Waals surface area contributed by atoms with Gasteiger partial charge in [-0.05, 0) is 31.3 Å². The van der Waals surface area contributed by atoms with Crippen LogP contribution < -0.4 is 16.2 Å². The molecular weight excluding hydrogens is 302 g/mol. The number of fused-ring (bicyclic) bond motifs is 1. The van der Waals surface area contributed by atoms with Crippen LogP contribution in [0.1, 0.15) is 6.92 Å². The molecule has 1 heterocycles. The van der Waals surface area contributed by atoms with Gasteiger partial charge < -0.3 is 14.6 Å². The summed E-state index contributed by atoms with van der Waals surface area (Å²) in [5.41, 5.74) is 6.98. The molecule has 1 atom stereocenters. The average Bonchev–Trinajstić information content (AvgIpc) is 2.89. The fourth-order valence-electron chi connectivity index (χ4n) is 2.01. The van der Waals surface area contributed by atoms with Gasteiger partial charge in [0.25, 0.3) is 5.91 Å². The molecule has 0 spiro atoms. The van der Waals surface area contributed by atoms with Crippen LogP contribution in [0.3, 0.4) is 0 Å². The molecule has 118 valence electrons. The number of nitrogens with zero attached hydrogens (tertiary/aromatic N) is 2. The van der Waals surface area contributed by atoms with Crippen molar-refractivity contribution in [3.8, 4) is 0 Å². The number of hydrazine groups is 1. The largest absolute Gasteiger partial charge is 0.383 e. The summed E-state index contributed by atoms with van der Waals surface area (Å²) in [4.78, 5) is 16.2. The molecule has 0 fully saturated rings. The molecule has 0 saturated heterocycles. The van der Waals surface area contributed by atoms with Crippen molar-refractivity contribution in [1.29, 1.82) is 0 Å². The molecule has 0 bridgehead atoms. The number of hydrogen-bond donors (Lipinski definition) is 3. The maximum Gasteiger partial charge on any atom is 0.258 e. The van der Waals surface area contributed by atoms with Crippen molar-refractivity contribution in [2.24, 2.45) is 0 Å². The lowest BCUT2D eigenvalue weighted by atomic mass is 10.3. The number of benzene rings is 1. The summed E-state index contributed by atoms with van der Waals surface area (Å²) in [6, 6.07) is 7.69. The Bertz CT molecular complexity index is 657. The molecule has 22 heavy (non-hydrogen) atoms. The van der Waals surface area contributed by atoms with Gasteiger partial charge in [-0.2, -0.15) is 0 Å². The van der Waals surface area contributed by atoms with E-state index in [4.69, 9.17) is 17.0 Å². The van der Waals surface area contributed by atoms with Gasteiger partial charge in [-0.15, -0.1) is 0 Å². The quantitative estimate of drug-likeness (QED) is 0.552. The predicted molar refractivity (Wildman–Crippen MR) is 88.1 cm³/mol. The van der Waals surface area contributed by atoms with Crippen molar-refractivity contribution in [3.63, 3.8) is 0 Å². The summed E-state index contributed by atoms with van der Waals surface area (Å²) in [6.07, 6.45) is 1.64. The number of hydrogen-bond acceptors (Lipinski definition) is 4. The number of amides is 1. The number of ether oxygens (including phenoxy) is 1. The smallest absolute Gasteiger partial charge is 0.258 e. The second-order valence-electron chi connectivity index (χ2n) is 4.86. The Kier molecular flexibility index (Phi) is 5.68.